The Morgan fingerprint density at radius 3 is 2.66 bits per heavy atom. The van der Waals surface area contributed by atoms with E-state index in [9.17, 15) is 19.8 Å². The standard InChI is InChI=1S/C26H38N4O5/c1-18-14-30(19(2)17-31)25(33)21-12-20(8-11-26(34)9-6-7-10-26)13-27-24(21)35-22(18)15-29(5)23(32)16-28(3)4/h12-13,18-19,22,31,34H,6-7,9-10,14-17H2,1-5H3/t18-,19+,22+/m1/s1. The Morgan fingerprint density at radius 1 is 1.34 bits per heavy atom. The van der Waals surface area contributed by atoms with E-state index in [1.165, 1.54) is 0 Å². The molecule has 0 aromatic carbocycles. The van der Waals surface area contributed by atoms with E-state index >= 15 is 0 Å². The Balaban J connectivity index is 1.93. The molecule has 2 amide bonds. The second-order valence-corrected chi connectivity index (χ2v) is 10.2. The van der Waals surface area contributed by atoms with Crippen molar-refractivity contribution in [1.82, 2.24) is 19.7 Å². The van der Waals surface area contributed by atoms with Crippen LogP contribution in [0.2, 0.25) is 0 Å². The van der Waals surface area contributed by atoms with Gasteiger partial charge in [-0.2, -0.15) is 0 Å². The number of aliphatic hydroxyl groups is 2. The number of likely N-dealkylation sites (N-methyl/N-ethyl adjacent to an activating group) is 2. The zero-order chi connectivity index (χ0) is 25.8. The zero-order valence-corrected chi connectivity index (χ0v) is 21.5. The van der Waals surface area contributed by atoms with E-state index in [4.69, 9.17) is 4.74 Å². The lowest BCUT2D eigenvalue weighted by molar-refractivity contribution is -0.132. The molecule has 1 aliphatic heterocycles. The van der Waals surface area contributed by atoms with Crippen LogP contribution in [0.25, 0.3) is 0 Å². The molecule has 1 aromatic heterocycles. The van der Waals surface area contributed by atoms with Gasteiger partial charge in [0.1, 0.15) is 17.3 Å². The number of fused-ring (bicyclic) bond motifs is 1. The van der Waals surface area contributed by atoms with Gasteiger partial charge in [0.15, 0.2) is 0 Å². The van der Waals surface area contributed by atoms with Gasteiger partial charge in [0.25, 0.3) is 5.91 Å². The molecule has 3 atom stereocenters. The van der Waals surface area contributed by atoms with Gasteiger partial charge in [-0.3, -0.25) is 9.59 Å². The number of nitrogens with zero attached hydrogens (tertiary/aromatic N) is 4. The molecule has 35 heavy (non-hydrogen) atoms. The van der Waals surface area contributed by atoms with Crippen molar-refractivity contribution >= 4 is 11.8 Å². The minimum absolute atomic E-state index is 0.0341. The summed E-state index contributed by atoms with van der Waals surface area (Å²) >= 11 is 0. The van der Waals surface area contributed by atoms with Crippen molar-refractivity contribution < 1.29 is 24.5 Å². The summed E-state index contributed by atoms with van der Waals surface area (Å²) in [6.07, 6.45) is 4.30. The van der Waals surface area contributed by atoms with E-state index in [0.29, 0.717) is 31.5 Å². The first kappa shape index (κ1) is 26.9. The van der Waals surface area contributed by atoms with Gasteiger partial charge in [0, 0.05) is 31.3 Å². The number of carbonyl (C=O) groups is 2. The van der Waals surface area contributed by atoms with Gasteiger partial charge in [0.05, 0.1) is 25.7 Å². The first-order valence-electron chi connectivity index (χ1n) is 12.3. The monoisotopic (exact) mass is 486 g/mol. The van der Waals surface area contributed by atoms with Gasteiger partial charge in [-0.1, -0.05) is 18.8 Å². The summed E-state index contributed by atoms with van der Waals surface area (Å²) in [4.78, 5) is 35.5. The highest BCUT2D eigenvalue weighted by Crippen LogP contribution is 2.30. The third kappa shape index (κ3) is 6.72. The fraction of sp³-hybridized carbons (Fsp3) is 0.654. The van der Waals surface area contributed by atoms with Crippen LogP contribution in [-0.2, 0) is 4.79 Å². The van der Waals surface area contributed by atoms with Gasteiger partial charge in [-0.25, -0.2) is 4.98 Å². The molecule has 2 aliphatic rings. The Hall–Kier alpha value is -2.67. The van der Waals surface area contributed by atoms with E-state index in [1.54, 1.807) is 36.0 Å². The minimum atomic E-state index is -0.994. The molecule has 0 bridgehead atoms. The molecule has 2 N–H and O–H groups in total. The van der Waals surface area contributed by atoms with Crippen molar-refractivity contribution in [3.8, 4) is 17.7 Å². The van der Waals surface area contributed by atoms with Crippen molar-refractivity contribution in [1.29, 1.82) is 0 Å². The molecule has 9 heteroatoms. The third-order valence-corrected chi connectivity index (χ3v) is 6.72. The number of pyridine rings is 1. The molecule has 1 fully saturated rings. The lowest BCUT2D eigenvalue weighted by Gasteiger charge is -2.37. The lowest BCUT2D eigenvalue weighted by Crippen LogP contribution is -2.51. The second-order valence-electron chi connectivity index (χ2n) is 10.2. The molecule has 9 nitrogen and oxygen atoms in total. The van der Waals surface area contributed by atoms with Crippen LogP contribution in [0.15, 0.2) is 12.3 Å². The Labute approximate surface area is 208 Å². The van der Waals surface area contributed by atoms with Gasteiger partial charge >= 0.3 is 0 Å². The number of aliphatic hydroxyl groups excluding tert-OH is 1. The largest absolute Gasteiger partial charge is 0.472 e. The molecule has 0 spiro atoms. The number of carbonyl (C=O) groups excluding carboxylic acids is 2. The number of hydrogen-bond acceptors (Lipinski definition) is 7. The summed E-state index contributed by atoms with van der Waals surface area (Å²) in [5, 5.41) is 20.4. The first-order valence-corrected chi connectivity index (χ1v) is 12.3. The average Bonchev–Trinajstić information content (AvgIpc) is 3.25. The molecule has 3 rings (SSSR count). The van der Waals surface area contributed by atoms with Crippen molar-refractivity contribution in [2.45, 2.75) is 57.3 Å². The summed E-state index contributed by atoms with van der Waals surface area (Å²) < 4.78 is 6.23. The van der Waals surface area contributed by atoms with Crippen LogP contribution in [0.1, 0.15) is 55.5 Å². The predicted octanol–water partition coefficient (Wildman–Crippen LogP) is 0.978. The van der Waals surface area contributed by atoms with Crippen LogP contribution in [0.5, 0.6) is 5.88 Å². The zero-order valence-electron chi connectivity index (χ0n) is 21.5. The highest BCUT2D eigenvalue weighted by Gasteiger charge is 2.35. The molecule has 1 aromatic rings. The van der Waals surface area contributed by atoms with Crippen LogP contribution >= 0.6 is 0 Å². The van der Waals surface area contributed by atoms with E-state index < -0.39 is 17.7 Å². The number of aromatic nitrogens is 1. The molecule has 0 saturated heterocycles. The van der Waals surface area contributed by atoms with Gasteiger partial charge < -0.3 is 29.6 Å². The van der Waals surface area contributed by atoms with E-state index in [1.807, 2.05) is 25.9 Å². The highest BCUT2D eigenvalue weighted by atomic mass is 16.5. The van der Waals surface area contributed by atoms with Crippen LogP contribution in [0.4, 0.5) is 0 Å². The van der Waals surface area contributed by atoms with E-state index in [-0.39, 0.29) is 42.3 Å². The fourth-order valence-electron chi connectivity index (χ4n) is 4.42. The van der Waals surface area contributed by atoms with Crippen molar-refractivity contribution in [3.63, 3.8) is 0 Å². The maximum atomic E-state index is 13.5. The maximum absolute atomic E-state index is 13.5. The SMILES string of the molecule is C[C@@H]1CN([C@@H](C)CO)C(=O)c2cc(C#CC3(O)CCCC3)cnc2O[C@H]1CN(C)C(=O)CN(C)C. The predicted molar refractivity (Wildman–Crippen MR) is 132 cm³/mol. The number of hydrogen-bond donors (Lipinski definition) is 2. The van der Waals surface area contributed by atoms with Crippen LogP contribution in [-0.4, -0.2) is 107 Å². The van der Waals surface area contributed by atoms with Gasteiger partial charge in [0.2, 0.25) is 11.8 Å². The third-order valence-electron chi connectivity index (χ3n) is 6.72. The van der Waals surface area contributed by atoms with Crippen molar-refractivity contribution in [2.75, 3.05) is 47.4 Å². The molecule has 1 saturated carbocycles. The van der Waals surface area contributed by atoms with Gasteiger partial charge in [-0.15, -0.1) is 0 Å². The molecular weight excluding hydrogens is 448 g/mol. The van der Waals surface area contributed by atoms with Crippen molar-refractivity contribution in [3.05, 3.63) is 23.4 Å². The van der Waals surface area contributed by atoms with E-state index in [0.717, 1.165) is 12.8 Å². The minimum Gasteiger partial charge on any atom is -0.472 e. The molecule has 0 radical (unpaired) electrons. The van der Waals surface area contributed by atoms with Crippen LogP contribution in [0, 0.1) is 17.8 Å². The Morgan fingerprint density at radius 2 is 2.03 bits per heavy atom. The second kappa shape index (κ2) is 11.4. The first-order chi connectivity index (χ1) is 16.5. The molecule has 192 valence electrons. The molecular formula is C26H38N4O5. The molecule has 0 unspecified atom stereocenters. The number of rotatable bonds is 6. The smallest absolute Gasteiger partial charge is 0.259 e. The Kier molecular flexibility index (Phi) is 8.75. The van der Waals surface area contributed by atoms with Crippen LogP contribution < -0.4 is 4.74 Å². The maximum Gasteiger partial charge on any atom is 0.259 e. The normalized spacial score (nSPS) is 22.4. The van der Waals surface area contributed by atoms with Crippen molar-refractivity contribution in [2.24, 2.45) is 5.92 Å². The number of amides is 2. The topological polar surface area (TPSA) is 106 Å². The molecule has 2 heterocycles. The summed E-state index contributed by atoms with van der Waals surface area (Å²) in [5.41, 5.74) is -0.220. The summed E-state index contributed by atoms with van der Waals surface area (Å²) in [5.74, 6) is 5.67. The van der Waals surface area contributed by atoms with Crippen LogP contribution in [0.3, 0.4) is 0 Å². The van der Waals surface area contributed by atoms with Gasteiger partial charge in [-0.05, 0) is 52.8 Å². The highest BCUT2D eigenvalue weighted by molar-refractivity contribution is 5.97. The quantitative estimate of drug-likeness (QED) is 0.578. The Bertz CT molecular complexity index is 980. The summed E-state index contributed by atoms with van der Waals surface area (Å²) in [7, 11) is 5.42. The fourth-order valence-corrected chi connectivity index (χ4v) is 4.42. The van der Waals surface area contributed by atoms with E-state index in [2.05, 4.69) is 16.8 Å². The number of ether oxygens (including phenoxy) is 1. The summed E-state index contributed by atoms with van der Waals surface area (Å²) in [6.45, 7) is 4.55. The molecule has 1 aliphatic carbocycles. The average molecular weight is 487 g/mol. The lowest BCUT2D eigenvalue weighted by atomic mass is 9.99. The summed E-state index contributed by atoms with van der Waals surface area (Å²) in [6, 6.07) is 1.24.